The largest absolute Gasteiger partial charge is 0.352 e. The summed E-state index contributed by atoms with van der Waals surface area (Å²) in [7, 11) is 0. The van der Waals surface area contributed by atoms with Crippen LogP contribution in [0.5, 0.6) is 0 Å². The van der Waals surface area contributed by atoms with Gasteiger partial charge in [0, 0.05) is 6.04 Å². The molecule has 1 heterocycles. The molecule has 3 rings (SSSR count). The summed E-state index contributed by atoms with van der Waals surface area (Å²) in [6.45, 7) is 3.72. The summed E-state index contributed by atoms with van der Waals surface area (Å²) in [5.74, 6) is 2.41. The second-order valence-corrected chi connectivity index (χ2v) is 8.59. The molecule has 1 saturated carbocycles. The molecule has 1 aliphatic heterocycles. The maximum Gasteiger partial charge on any atom is 0.312 e. The smallest absolute Gasteiger partial charge is 0.312 e. The van der Waals surface area contributed by atoms with Crippen molar-refractivity contribution < 1.29 is 4.79 Å². The zero-order valence-electron chi connectivity index (χ0n) is 15.8. The van der Waals surface area contributed by atoms with Gasteiger partial charge in [0.1, 0.15) is 0 Å². The third kappa shape index (κ3) is 6.02. The number of likely N-dealkylation sites (tertiary alicyclic amines) is 1. The van der Waals surface area contributed by atoms with Crippen LogP contribution in [-0.4, -0.2) is 36.6 Å². The zero-order valence-corrected chi connectivity index (χ0v) is 15.8. The van der Waals surface area contributed by atoms with Gasteiger partial charge in [0.2, 0.25) is 0 Å². The van der Waals surface area contributed by atoms with Crippen LogP contribution < -0.4 is 11.1 Å². The number of hydrogen-bond donors (Lipinski definition) is 2. The van der Waals surface area contributed by atoms with Crippen molar-refractivity contribution in [2.45, 2.75) is 76.7 Å². The van der Waals surface area contributed by atoms with Crippen LogP contribution in [0.25, 0.3) is 0 Å². The molecule has 4 heteroatoms. The average Bonchev–Trinajstić information content (AvgIpc) is 2.63. The maximum absolute atomic E-state index is 11.2. The van der Waals surface area contributed by atoms with Gasteiger partial charge in [-0.05, 0) is 95.2 Å². The molecule has 2 amide bonds. The van der Waals surface area contributed by atoms with E-state index in [1.807, 2.05) is 0 Å². The second-order valence-electron chi connectivity index (χ2n) is 8.59. The molecule has 3 N–H and O–H groups in total. The number of carbonyl (C=O) groups excluding carboxylic acids is 1. The molecule has 0 bridgehead atoms. The topological polar surface area (TPSA) is 58.4 Å². The molecule has 4 nitrogen and oxygen atoms in total. The van der Waals surface area contributed by atoms with Gasteiger partial charge >= 0.3 is 6.03 Å². The Morgan fingerprint density at radius 1 is 1.08 bits per heavy atom. The van der Waals surface area contributed by atoms with Crippen LogP contribution in [0, 0.1) is 17.8 Å². The van der Waals surface area contributed by atoms with Crippen molar-refractivity contribution in [2.24, 2.45) is 23.5 Å². The number of carbonyl (C=O) groups is 1. The monoisotopic (exact) mass is 347 g/mol. The molecule has 0 radical (unpaired) electrons. The number of hydrogen-bond acceptors (Lipinski definition) is 2. The third-order valence-corrected chi connectivity index (χ3v) is 6.75. The normalized spacial score (nSPS) is 31.8. The lowest BCUT2D eigenvalue weighted by molar-refractivity contribution is 0.148. The van der Waals surface area contributed by atoms with Crippen LogP contribution in [0.1, 0.15) is 70.6 Å². The number of nitrogens with zero attached hydrogens (tertiary/aromatic N) is 1. The molecule has 25 heavy (non-hydrogen) atoms. The van der Waals surface area contributed by atoms with E-state index in [1.165, 1.54) is 83.8 Å². The Hall–Kier alpha value is -1.03. The van der Waals surface area contributed by atoms with Gasteiger partial charge in [-0.2, -0.15) is 0 Å². The van der Waals surface area contributed by atoms with Crippen molar-refractivity contribution in [2.75, 3.05) is 19.6 Å². The summed E-state index contributed by atoms with van der Waals surface area (Å²) < 4.78 is 0. The fourth-order valence-electron chi connectivity index (χ4n) is 5.23. The van der Waals surface area contributed by atoms with Crippen LogP contribution >= 0.6 is 0 Å². The van der Waals surface area contributed by atoms with E-state index < -0.39 is 0 Å². The van der Waals surface area contributed by atoms with Crippen molar-refractivity contribution in [3.63, 3.8) is 0 Å². The van der Waals surface area contributed by atoms with E-state index >= 15 is 0 Å². The van der Waals surface area contributed by atoms with Crippen LogP contribution in [-0.2, 0) is 0 Å². The first-order valence-corrected chi connectivity index (χ1v) is 10.7. The Morgan fingerprint density at radius 3 is 2.60 bits per heavy atom. The second kappa shape index (κ2) is 9.61. The number of allylic oxidation sites excluding steroid dienone is 2. The van der Waals surface area contributed by atoms with Gasteiger partial charge in [0.15, 0.2) is 0 Å². The maximum atomic E-state index is 11.2. The van der Waals surface area contributed by atoms with E-state index in [2.05, 4.69) is 22.4 Å². The summed E-state index contributed by atoms with van der Waals surface area (Å²) in [4.78, 5) is 13.9. The highest BCUT2D eigenvalue weighted by atomic mass is 16.2. The Morgan fingerprint density at radius 2 is 1.88 bits per heavy atom. The SMILES string of the molecule is NC(=O)NC1CCCCC1CCN1CCC(CC2C=CCCC2)CC1. The molecule has 0 spiro atoms. The Bertz CT molecular complexity index is 442. The standard InChI is InChI=1S/C21H37N3O/c22-21(25)23-20-9-5-4-8-19(20)12-15-24-13-10-18(11-14-24)16-17-6-2-1-3-7-17/h2,6,17-20H,1,3-5,7-16H2,(H3,22,23,25). The quantitative estimate of drug-likeness (QED) is 0.712. The number of primary amides is 1. The predicted octanol–water partition coefficient (Wildman–Crippen LogP) is 4.06. The highest BCUT2D eigenvalue weighted by Crippen LogP contribution is 2.31. The molecule has 0 aromatic heterocycles. The predicted molar refractivity (Wildman–Crippen MR) is 103 cm³/mol. The zero-order chi connectivity index (χ0) is 17.5. The first kappa shape index (κ1) is 18.8. The highest BCUT2D eigenvalue weighted by molar-refractivity contribution is 5.72. The number of piperidine rings is 1. The summed E-state index contributed by atoms with van der Waals surface area (Å²) in [6.07, 6.45) is 19.2. The minimum absolute atomic E-state index is 0.307. The van der Waals surface area contributed by atoms with Crippen molar-refractivity contribution in [3.8, 4) is 0 Å². The molecule has 2 fully saturated rings. The van der Waals surface area contributed by atoms with Gasteiger partial charge < -0.3 is 16.0 Å². The van der Waals surface area contributed by atoms with Crippen molar-refractivity contribution in [1.82, 2.24) is 10.2 Å². The van der Waals surface area contributed by atoms with Crippen molar-refractivity contribution >= 4 is 6.03 Å². The van der Waals surface area contributed by atoms with E-state index in [1.54, 1.807) is 0 Å². The minimum atomic E-state index is -0.352. The Balaban J connectivity index is 1.36. The van der Waals surface area contributed by atoms with E-state index in [-0.39, 0.29) is 6.03 Å². The number of nitrogens with one attached hydrogen (secondary N) is 1. The van der Waals surface area contributed by atoms with E-state index in [9.17, 15) is 4.79 Å². The summed E-state index contributed by atoms with van der Waals surface area (Å²) >= 11 is 0. The van der Waals surface area contributed by atoms with Crippen LogP contribution in [0.15, 0.2) is 12.2 Å². The van der Waals surface area contributed by atoms with E-state index in [0.717, 1.165) is 18.3 Å². The van der Waals surface area contributed by atoms with Gasteiger partial charge in [-0.3, -0.25) is 0 Å². The molecule has 1 saturated heterocycles. The molecule has 2 aliphatic carbocycles. The van der Waals surface area contributed by atoms with Crippen LogP contribution in [0.2, 0.25) is 0 Å². The Labute approximate surface area is 153 Å². The van der Waals surface area contributed by atoms with Gasteiger partial charge in [-0.25, -0.2) is 4.79 Å². The van der Waals surface area contributed by atoms with Gasteiger partial charge in [-0.15, -0.1) is 0 Å². The Kier molecular flexibility index (Phi) is 7.21. The third-order valence-electron chi connectivity index (χ3n) is 6.75. The first-order chi connectivity index (χ1) is 12.2. The lowest BCUT2D eigenvalue weighted by atomic mass is 9.81. The first-order valence-electron chi connectivity index (χ1n) is 10.7. The van der Waals surface area contributed by atoms with Gasteiger partial charge in [0.05, 0.1) is 0 Å². The molecule has 3 aliphatic rings. The van der Waals surface area contributed by atoms with Gasteiger partial charge in [0.25, 0.3) is 0 Å². The van der Waals surface area contributed by atoms with Gasteiger partial charge in [-0.1, -0.05) is 25.0 Å². The molecule has 0 aromatic carbocycles. The minimum Gasteiger partial charge on any atom is -0.352 e. The molecule has 3 atom stereocenters. The lowest BCUT2D eigenvalue weighted by Gasteiger charge is -2.36. The van der Waals surface area contributed by atoms with Crippen molar-refractivity contribution in [1.29, 1.82) is 0 Å². The van der Waals surface area contributed by atoms with E-state index in [0.29, 0.717) is 12.0 Å². The fourth-order valence-corrected chi connectivity index (χ4v) is 5.23. The summed E-state index contributed by atoms with van der Waals surface area (Å²) in [5.41, 5.74) is 5.35. The molecule has 142 valence electrons. The average molecular weight is 348 g/mol. The number of amides is 2. The van der Waals surface area contributed by atoms with E-state index in [4.69, 9.17) is 5.73 Å². The highest BCUT2D eigenvalue weighted by Gasteiger charge is 2.27. The lowest BCUT2D eigenvalue weighted by Crippen LogP contribution is -2.45. The summed E-state index contributed by atoms with van der Waals surface area (Å²) in [6, 6.07) is -0.0450. The number of nitrogens with two attached hydrogens (primary N) is 1. The number of rotatable bonds is 6. The fraction of sp³-hybridized carbons (Fsp3) is 0.857. The molecule has 0 aromatic rings. The van der Waals surface area contributed by atoms with Crippen LogP contribution in [0.4, 0.5) is 4.79 Å². The number of urea groups is 1. The molecule has 3 unspecified atom stereocenters. The summed E-state index contributed by atoms with van der Waals surface area (Å²) in [5, 5.41) is 2.99. The van der Waals surface area contributed by atoms with Crippen LogP contribution in [0.3, 0.4) is 0 Å². The van der Waals surface area contributed by atoms with Crippen molar-refractivity contribution in [3.05, 3.63) is 12.2 Å². The molecular weight excluding hydrogens is 310 g/mol. The molecular formula is C21H37N3O.